The SMILES string of the molecule is Nc1cc(C(F)(F)F)ccc1NC1CCC(=O)NC1=O. The molecule has 1 unspecified atom stereocenters. The van der Waals surface area contributed by atoms with Crippen molar-refractivity contribution in [2.75, 3.05) is 11.1 Å². The number of carbonyl (C=O) groups excluding carboxylic acids is 2. The molecule has 1 aliphatic heterocycles. The number of imide groups is 1. The van der Waals surface area contributed by atoms with Crippen LogP contribution >= 0.6 is 0 Å². The molecule has 1 atom stereocenters. The zero-order valence-corrected chi connectivity index (χ0v) is 10.3. The standard InChI is InChI=1S/C12H12F3N3O2/c13-12(14,15)6-1-2-8(7(16)5-6)17-9-3-4-10(19)18-11(9)20/h1-2,5,9,17H,3-4,16H2,(H,18,19,20). The minimum Gasteiger partial charge on any atom is -0.397 e. The Morgan fingerprint density at radius 1 is 1.30 bits per heavy atom. The molecular formula is C12H12F3N3O2. The normalized spacial score (nSPS) is 19.6. The fourth-order valence-electron chi connectivity index (χ4n) is 1.89. The van der Waals surface area contributed by atoms with E-state index in [0.29, 0.717) is 0 Å². The van der Waals surface area contributed by atoms with Gasteiger partial charge >= 0.3 is 6.18 Å². The van der Waals surface area contributed by atoms with Gasteiger partial charge in [0.2, 0.25) is 11.8 Å². The molecule has 5 nitrogen and oxygen atoms in total. The largest absolute Gasteiger partial charge is 0.416 e. The lowest BCUT2D eigenvalue weighted by atomic mass is 10.1. The second kappa shape index (κ2) is 5.03. The Bertz CT molecular complexity index is 557. The maximum atomic E-state index is 12.5. The van der Waals surface area contributed by atoms with E-state index in [4.69, 9.17) is 5.73 Å². The second-order valence-corrected chi connectivity index (χ2v) is 4.45. The highest BCUT2D eigenvalue weighted by molar-refractivity contribution is 6.01. The third-order valence-corrected chi connectivity index (χ3v) is 2.95. The molecule has 0 radical (unpaired) electrons. The van der Waals surface area contributed by atoms with Crippen molar-refractivity contribution in [1.29, 1.82) is 0 Å². The van der Waals surface area contributed by atoms with E-state index in [2.05, 4.69) is 10.6 Å². The summed E-state index contributed by atoms with van der Waals surface area (Å²) < 4.78 is 37.5. The molecule has 4 N–H and O–H groups in total. The van der Waals surface area contributed by atoms with Crippen LogP contribution < -0.4 is 16.4 Å². The number of piperidine rings is 1. The first kappa shape index (κ1) is 14.2. The summed E-state index contributed by atoms with van der Waals surface area (Å²) in [5.74, 6) is -0.881. The van der Waals surface area contributed by atoms with Gasteiger partial charge in [0.15, 0.2) is 0 Å². The zero-order chi connectivity index (χ0) is 14.9. The van der Waals surface area contributed by atoms with Crippen LogP contribution in [0.5, 0.6) is 0 Å². The number of hydrogen-bond donors (Lipinski definition) is 3. The fraction of sp³-hybridized carbons (Fsp3) is 0.333. The fourth-order valence-corrected chi connectivity index (χ4v) is 1.89. The number of benzene rings is 1. The number of carbonyl (C=O) groups is 2. The molecule has 0 saturated carbocycles. The molecule has 1 aromatic carbocycles. The van der Waals surface area contributed by atoms with Gasteiger partial charge in [-0.05, 0) is 24.6 Å². The molecule has 0 spiro atoms. The summed E-state index contributed by atoms with van der Waals surface area (Å²) in [6, 6.07) is 2.16. The van der Waals surface area contributed by atoms with Gasteiger partial charge in [-0.15, -0.1) is 0 Å². The van der Waals surface area contributed by atoms with Crippen LogP contribution in [0, 0.1) is 0 Å². The molecule has 1 fully saturated rings. The number of halogens is 3. The summed E-state index contributed by atoms with van der Waals surface area (Å²) in [5, 5.41) is 4.89. The highest BCUT2D eigenvalue weighted by atomic mass is 19.4. The van der Waals surface area contributed by atoms with E-state index >= 15 is 0 Å². The van der Waals surface area contributed by atoms with Crippen LogP contribution in [-0.2, 0) is 15.8 Å². The summed E-state index contributed by atoms with van der Waals surface area (Å²) in [4.78, 5) is 22.5. The van der Waals surface area contributed by atoms with Gasteiger partial charge in [0.1, 0.15) is 6.04 Å². The van der Waals surface area contributed by atoms with E-state index < -0.39 is 23.7 Å². The van der Waals surface area contributed by atoms with E-state index in [-0.39, 0.29) is 30.1 Å². The Morgan fingerprint density at radius 3 is 2.55 bits per heavy atom. The molecule has 8 heteroatoms. The highest BCUT2D eigenvalue weighted by Crippen LogP contribution is 2.33. The third kappa shape index (κ3) is 3.01. The molecule has 0 aliphatic carbocycles. The lowest BCUT2D eigenvalue weighted by Gasteiger charge is -2.23. The summed E-state index contributed by atoms with van der Waals surface area (Å²) in [6.45, 7) is 0. The Labute approximate surface area is 112 Å². The van der Waals surface area contributed by atoms with Gasteiger partial charge in [-0.25, -0.2) is 0 Å². The number of alkyl halides is 3. The first-order valence-electron chi connectivity index (χ1n) is 5.84. The van der Waals surface area contributed by atoms with Crippen LogP contribution in [0.4, 0.5) is 24.5 Å². The van der Waals surface area contributed by atoms with Crippen LogP contribution in [-0.4, -0.2) is 17.9 Å². The van der Waals surface area contributed by atoms with Gasteiger partial charge < -0.3 is 11.1 Å². The topological polar surface area (TPSA) is 84.2 Å². The van der Waals surface area contributed by atoms with Gasteiger partial charge in [0.05, 0.1) is 16.9 Å². The average Bonchev–Trinajstić information content (AvgIpc) is 2.33. The lowest BCUT2D eigenvalue weighted by Crippen LogP contribution is -2.47. The van der Waals surface area contributed by atoms with E-state index in [0.717, 1.165) is 12.1 Å². The number of anilines is 2. The van der Waals surface area contributed by atoms with Gasteiger partial charge in [0, 0.05) is 6.42 Å². The Balaban J connectivity index is 2.14. The Morgan fingerprint density at radius 2 is 2.00 bits per heavy atom. The van der Waals surface area contributed by atoms with Crippen molar-refractivity contribution in [2.24, 2.45) is 0 Å². The van der Waals surface area contributed by atoms with Crippen molar-refractivity contribution < 1.29 is 22.8 Å². The Kier molecular flexibility index (Phi) is 3.56. The summed E-state index contributed by atoms with van der Waals surface area (Å²) in [5.41, 5.74) is 4.81. The van der Waals surface area contributed by atoms with Crippen LogP contribution in [0.25, 0.3) is 0 Å². The molecule has 20 heavy (non-hydrogen) atoms. The molecule has 1 saturated heterocycles. The summed E-state index contributed by atoms with van der Waals surface area (Å²) in [6.07, 6.45) is -4.03. The molecular weight excluding hydrogens is 275 g/mol. The number of hydrogen-bond acceptors (Lipinski definition) is 4. The van der Waals surface area contributed by atoms with E-state index in [1.807, 2.05) is 0 Å². The van der Waals surface area contributed by atoms with E-state index in [1.54, 1.807) is 0 Å². The van der Waals surface area contributed by atoms with Crippen molar-refractivity contribution in [1.82, 2.24) is 5.32 Å². The van der Waals surface area contributed by atoms with Gasteiger partial charge in [-0.2, -0.15) is 13.2 Å². The molecule has 0 bridgehead atoms. The molecule has 2 amide bonds. The smallest absolute Gasteiger partial charge is 0.397 e. The summed E-state index contributed by atoms with van der Waals surface area (Å²) >= 11 is 0. The number of nitrogens with two attached hydrogens (primary N) is 1. The third-order valence-electron chi connectivity index (χ3n) is 2.95. The van der Waals surface area contributed by atoms with Crippen molar-refractivity contribution in [3.05, 3.63) is 23.8 Å². The number of nitrogen functional groups attached to an aromatic ring is 1. The maximum absolute atomic E-state index is 12.5. The van der Waals surface area contributed by atoms with Crippen molar-refractivity contribution >= 4 is 23.2 Å². The lowest BCUT2D eigenvalue weighted by molar-refractivity contribution is -0.137. The van der Waals surface area contributed by atoms with E-state index in [9.17, 15) is 22.8 Å². The molecule has 1 heterocycles. The molecule has 0 aromatic heterocycles. The maximum Gasteiger partial charge on any atom is 0.416 e. The minimum atomic E-state index is -4.47. The van der Waals surface area contributed by atoms with Crippen LogP contribution in [0.1, 0.15) is 18.4 Å². The monoisotopic (exact) mass is 287 g/mol. The molecule has 108 valence electrons. The highest BCUT2D eigenvalue weighted by Gasteiger charge is 2.31. The Hall–Kier alpha value is -2.25. The molecule has 2 rings (SSSR count). The zero-order valence-electron chi connectivity index (χ0n) is 10.3. The minimum absolute atomic E-state index is 0.107. The van der Waals surface area contributed by atoms with Crippen LogP contribution in [0.2, 0.25) is 0 Å². The van der Waals surface area contributed by atoms with Gasteiger partial charge in [-0.1, -0.05) is 0 Å². The van der Waals surface area contributed by atoms with Crippen LogP contribution in [0.15, 0.2) is 18.2 Å². The molecule has 1 aliphatic rings. The quantitative estimate of drug-likeness (QED) is 0.568. The van der Waals surface area contributed by atoms with Gasteiger partial charge in [-0.3, -0.25) is 14.9 Å². The number of nitrogens with one attached hydrogen (secondary N) is 2. The van der Waals surface area contributed by atoms with Gasteiger partial charge in [0.25, 0.3) is 0 Å². The first-order valence-corrected chi connectivity index (χ1v) is 5.84. The molecule has 1 aromatic rings. The number of amides is 2. The van der Waals surface area contributed by atoms with Crippen molar-refractivity contribution in [3.8, 4) is 0 Å². The van der Waals surface area contributed by atoms with Crippen molar-refractivity contribution in [3.63, 3.8) is 0 Å². The first-order chi connectivity index (χ1) is 9.27. The number of rotatable bonds is 2. The predicted molar refractivity (Wildman–Crippen MR) is 65.7 cm³/mol. The predicted octanol–water partition coefficient (Wildman–Crippen LogP) is 1.50. The van der Waals surface area contributed by atoms with E-state index in [1.165, 1.54) is 6.07 Å². The van der Waals surface area contributed by atoms with Crippen molar-refractivity contribution in [2.45, 2.75) is 25.1 Å². The average molecular weight is 287 g/mol. The summed E-state index contributed by atoms with van der Waals surface area (Å²) in [7, 11) is 0. The second-order valence-electron chi connectivity index (χ2n) is 4.45. The van der Waals surface area contributed by atoms with Crippen LogP contribution in [0.3, 0.4) is 0 Å².